The molecule has 0 bridgehead atoms. The van der Waals surface area contributed by atoms with Crippen LogP contribution in [0.4, 0.5) is 0 Å². The largest absolute Gasteiger partial charge is 0.452 e. The minimum absolute atomic E-state index is 0.168. The fourth-order valence-corrected chi connectivity index (χ4v) is 2.96. The first-order valence-corrected chi connectivity index (χ1v) is 7.55. The van der Waals surface area contributed by atoms with Gasteiger partial charge < -0.3 is 10.1 Å². The number of hydrogen-bond acceptors (Lipinski definition) is 4. The zero-order valence-electron chi connectivity index (χ0n) is 11.7. The second kappa shape index (κ2) is 6.99. The van der Waals surface area contributed by atoms with Crippen LogP contribution in [0.25, 0.3) is 0 Å². The van der Waals surface area contributed by atoms with Gasteiger partial charge in [0.05, 0.1) is 11.6 Å². The van der Waals surface area contributed by atoms with E-state index in [2.05, 4.69) is 11.4 Å². The lowest BCUT2D eigenvalue weighted by molar-refractivity contribution is -0.125. The molecule has 0 unspecified atom stereocenters. The van der Waals surface area contributed by atoms with Crippen molar-refractivity contribution in [2.75, 3.05) is 6.61 Å². The van der Waals surface area contributed by atoms with Crippen LogP contribution < -0.4 is 5.32 Å². The van der Waals surface area contributed by atoms with E-state index in [0.717, 1.165) is 12.8 Å². The molecular formula is C15H14Cl2N2O3. The number of amides is 1. The molecule has 1 aromatic rings. The number of carbonyl (C=O) groups excluding carboxylic acids is 2. The third-order valence-electron chi connectivity index (χ3n) is 3.48. The monoisotopic (exact) mass is 340 g/mol. The lowest BCUT2D eigenvalue weighted by atomic mass is 10.00. The summed E-state index contributed by atoms with van der Waals surface area (Å²) in [6, 6.07) is 6.43. The van der Waals surface area contributed by atoms with Crippen molar-refractivity contribution in [2.45, 2.75) is 31.2 Å². The molecule has 0 atom stereocenters. The molecule has 0 aromatic heterocycles. The van der Waals surface area contributed by atoms with Crippen LogP contribution in [0, 0.1) is 11.3 Å². The van der Waals surface area contributed by atoms with E-state index in [4.69, 9.17) is 27.9 Å². The van der Waals surface area contributed by atoms with Gasteiger partial charge in [-0.2, -0.15) is 5.26 Å². The van der Waals surface area contributed by atoms with E-state index in [-0.39, 0.29) is 5.56 Å². The summed E-state index contributed by atoms with van der Waals surface area (Å²) >= 11 is 11.6. The molecule has 1 aliphatic carbocycles. The Hall–Kier alpha value is -1.77. The first-order valence-electron chi connectivity index (χ1n) is 6.80. The van der Waals surface area contributed by atoms with Crippen molar-refractivity contribution in [3.8, 4) is 6.07 Å². The van der Waals surface area contributed by atoms with Crippen LogP contribution in [-0.2, 0) is 9.53 Å². The average molecular weight is 341 g/mol. The molecule has 0 spiro atoms. The van der Waals surface area contributed by atoms with E-state index in [1.807, 2.05) is 0 Å². The number of hydrogen-bond donors (Lipinski definition) is 1. The van der Waals surface area contributed by atoms with Crippen molar-refractivity contribution in [3.63, 3.8) is 0 Å². The van der Waals surface area contributed by atoms with Crippen LogP contribution in [0.1, 0.15) is 36.0 Å². The summed E-state index contributed by atoms with van der Waals surface area (Å²) in [5.74, 6) is -1.19. The number of benzene rings is 1. The molecule has 1 amide bonds. The summed E-state index contributed by atoms with van der Waals surface area (Å²) in [7, 11) is 0. The van der Waals surface area contributed by atoms with Gasteiger partial charge in [0.1, 0.15) is 5.54 Å². The van der Waals surface area contributed by atoms with Gasteiger partial charge in [0, 0.05) is 10.0 Å². The molecule has 1 aromatic carbocycles. The molecule has 116 valence electrons. The molecule has 2 rings (SSSR count). The van der Waals surface area contributed by atoms with E-state index in [9.17, 15) is 14.9 Å². The Morgan fingerprint density at radius 1 is 1.23 bits per heavy atom. The number of ether oxygens (including phenoxy) is 1. The Morgan fingerprint density at radius 3 is 2.36 bits per heavy atom. The maximum absolute atomic E-state index is 11.9. The van der Waals surface area contributed by atoms with E-state index >= 15 is 0 Å². The fraction of sp³-hybridized carbons (Fsp3) is 0.400. The highest BCUT2D eigenvalue weighted by Crippen LogP contribution is 2.28. The first kappa shape index (κ1) is 16.6. The fourth-order valence-electron chi connectivity index (χ4n) is 2.43. The smallest absolute Gasteiger partial charge is 0.338 e. The highest BCUT2D eigenvalue weighted by atomic mass is 35.5. The number of nitriles is 1. The number of rotatable bonds is 4. The van der Waals surface area contributed by atoms with Gasteiger partial charge in [-0.05, 0) is 43.9 Å². The van der Waals surface area contributed by atoms with Gasteiger partial charge in [-0.3, -0.25) is 4.79 Å². The van der Waals surface area contributed by atoms with Crippen molar-refractivity contribution < 1.29 is 14.3 Å². The van der Waals surface area contributed by atoms with Crippen LogP contribution >= 0.6 is 23.2 Å². The van der Waals surface area contributed by atoms with Crippen molar-refractivity contribution in [1.82, 2.24) is 5.32 Å². The number of nitrogens with one attached hydrogen (secondary N) is 1. The Kier molecular flexibility index (Phi) is 5.28. The normalized spacial score (nSPS) is 15.9. The lowest BCUT2D eigenvalue weighted by Gasteiger charge is -2.21. The minimum atomic E-state index is -0.831. The second-order valence-electron chi connectivity index (χ2n) is 5.18. The Bertz CT molecular complexity index is 614. The van der Waals surface area contributed by atoms with Crippen LogP contribution in [0.15, 0.2) is 18.2 Å². The van der Waals surface area contributed by atoms with Gasteiger partial charge in [-0.15, -0.1) is 0 Å². The summed E-state index contributed by atoms with van der Waals surface area (Å²) in [6.45, 7) is -0.452. The van der Waals surface area contributed by atoms with E-state index in [0.29, 0.717) is 22.9 Å². The van der Waals surface area contributed by atoms with E-state index in [1.54, 1.807) is 0 Å². The molecule has 1 N–H and O–H groups in total. The van der Waals surface area contributed by atoms with Gasteiger partial charge in [0.15, 0.2) is 6.61 Å². The number of nitrogens with zero attached hydrogens (tertiary/aromatic N) is 1. The minimum Gasteiger partial charge on any atom is -0.452 e. The number of halogens is 2. The molecular weight excluding hydrogens is 327 g/mol. The van der Waals surface area contributed by atoms with Gasteiger partial charge >= 0.3 is 5.97 Å². The van der Waals surface area contributed by atoms with Crippen LogP contribution in [0.2, 0.25) is 10.0 Å². The van der Waals surface area contributed by atoms with Crippen LogP contribution in [0.5, 0.6) is 0 Å². The summed E-state index contributed by atoms with van der Waals surface area (Å²) in [5, 5.41) is 12.4. The maximum atomic E-state index is 11.9. The SMILES string of the molecule is N#CC1(NC(=O)COC(=O)c2cc(Cl)cc(Cl)c2)CCCC1. The predicted octanol–water partition coefficient (Wildman–Crippen LogP) is 3.10. The number of carbonyl (C=O) groups is 2. The highest BCUT2D eigenvalue weighted by Gasteiger charge is 2.35. The summed E-state index contributed by atoms with van der Waals surface area (Å²) in [5.41, 5.74) is -0.663. The van der Waals surface area contributed by atoms with Crippen molar-refractivity contribution >= 4 is 35.1 Å². The second-order valence-corrected chi connectivity index (χ2v) is 6.06. The summed E-state index contributed by atoms with van der Waals surface area (Å²) in [6.07, 6.45) is 3.03. The Morgan fingerprint density at radius 2 is 1.82 bits per heavy atom. The maximum Gasteiger partial charge on any atom is 0.338 e. The zero-order valence-corrected chi connectivity index (χ0v) is 13.2. The molecule has 0 radical (unpaired) electrons. The molecule has 5 nitrogen and oxygen atoms in total. The van der Waals surface area contributed by atoms with Crippen molar-refractivity contribution in [1.29, 1.82) is 5.26 Å². The van der Waals surface area contributed by atoms with E-state index in [1.165, 1.54) is 18.2 Å². The first-order chi connectivity index (χ1) is 10.4. The molecule has 22 heavy (non-hydrogen) atoms. The molecule has 1 fully saturated rings. The quantitative estimate of drug-likeness (QED) is 0.854. The van der Waals surface area contributed by atoms with Crippen molar-refractivity contribution in [2.24, 2.45) is 0 Å². The van der Waals surface area contributed by atoms with Crippen LogP contribution in [0.3, 0.4) is 0 Å². The molecule has 1 aliphatic rings. The highest BCUT2D eigenvalue weighted by molar-refractivity contribution is 6.35. The molecule has 1 saturated carbocycles. The van der Waals surface area contributed by atoms with E-state index < -0.39 is 24.0 Å². The Labute approximate surface area is 138 Å². The summed E-state index contributed by atoms with van der Waals surface area (Å²) < 4.78 is 4.92. The van der Waals surface area contributed by atoms with Crippen LogP contribution in [-0.4, -0.2) is 24.0 Å². The van der Waals surface area contributed by atoms with Gasteiger partial charge in [-0.25, -0.2) is 4.79 Å². The Balaban J connectivity index is 1.91. The molecule has 7 heteroatoms. The topological polar surface area (TPSA) is 79.2 Å². The average Bonchev–Trinajstić information content (AvgIpc) is 2.92. The zero-order chi connectivity index (χ0) is 16.2. The third kappa shape index (κ3) is 4.12. The van der Waals surface area contributed by atoms with Gasteiger partial charge in [0.2, 0.25) is 0 Å². The predicted molar refractivity (Wildman–Crippen MR) is 81.7 cm³/mol. The standard InChI is InChI=1S/C15H14Cl2N2O3/c16-11-5-10(6-12(17)7-11)14(21)22-8-13(20)19-15(9-18)3-1-2-4-15/h5-7H,1-4,8H2,(H,19,20). The summed E-state index contributed by atoms with van der Waals surface area (Å²) in [4.78, 5) is 23.7. The third-order valence-corrected chi connectivity index (χ3v) is 3.92. The molecule has 0 saturated heterocycles. The molecule has 0 heterocycles. The molecule has 0 aliphatic heterocycles. The lowest BCUT2D eigenvalue weighted by Crippen LogP contribution is -2.46. The van der Waals surface area contributed by atoms with Gasteiger partial charge in [0.25, 0.3) is 5.91 Å². The van der Waals surface area contributed by atoms with Gasteiger partial charge in [-0.1, -0.05) is 23.2 Å². The van der Waals surface area contributed by atoms with Crippen molar-refractivity contribution in [3.05, 3.63) is 33.8 Å². The number of esters is 1.